The summed E-state index contributed by atoms with van der Waals surface area (Å²) < 4.78 is 0. The molecule has 1 aliphatic heterocycles. The van der Waals surface area contributed by atoms with Gasteiger partial charge in [-0.2, -0.15) is 0 Å². The lowest BCUT2D eigenvalue weighted by Gasteiger charge is -2.31. The molecule has 0 radical (unpaired) electrons. The summed E-state index contributed by atoms with van der Waals surface area (Å²) in [6.07, 6.45) is 3.66. The summed E-state index contributed by atoms with van der Waals surface area (Å²) in [6, 6.07) is 15.9. The Morgan fingerprint density at radius 2 is 1.93 bits per heavy atom. The zero-order valence-electron chi connectivity index (χ0n) is 17.0. The molecule has 1 aromatic heterocycles. The van der Waals surface area contributed by atoms with Gasteiger partial charge < -0.3 is 15.2 Å². The van der Waals surface area contributed by atoms with E-state index in [1.165, 1.54) is 0 Å². The van der Waals surface area contributed by atoms with Crippen molar-refractivity contribution < 1.29 is 9.59 Å². The van der Waals surface area contributed by atoms with E-state index in [2.05, 4.69) is 16.4 Å². The van der Waals surface area contributed by atoms with Gasteiger partial charge in [0.1, 0.15) is 0 Å². The van der Waals surface area contributed by atoms with Gasteiger partial charge >= 0.3 is 0 Å². The van der Waals surface area contributed by atoms with Crippen molar-refractivity contribution in [1.29, 1.82) is 0 Å². The van der Waals surface area contributed by atoms with Crippen LogP contribution in [0.2, 0.25) is 5.02 Å². The topological polar surface area (TPSA) is 65.2 Å². The molecule has 2 N–H and O–H groups in total. The Labute approximate surface area is 181 Å². The van der Waals surface area contributed by atoms with Crippen LogP contribution in [-0.2, 0) is 9.59 Å². The highest BCUT2D eigenvalue weighted by Crippen LogP contribution is 2.34. The van der Waals surface area contributed by atoms with Crippen LogP contribution in [-0.4, -0.2) is 41.3 Å². The molecule has 2 atom stereocenters. The van der Waals surface area contributed by atoms with Crippen molar-refractivity contribution in [3.63, 3.8) is 0 Å². The lowest BCUT2D eigenvalue weighted by molar-refractivity contribution is -0.133. The minimum atomic E-state index is -0.169. The largest absolute Gasteiger partial charge is 0.361 e. The van der Waals surface area contributed by atoms with Crippen molar-refractivity contribution in [3.05, 3.63) is 70.9 Å². The number of rotatable bonds is 5. The number of aromatic amines is 1. The van der Waals surface area contributed by atoms with E-state index in [4.69, 9.17) is 11.6 Å². The molecule has 0 saturated carbocycles. The Kier molecular flexibility index (Phi) is 6.09. The van der Waals surface area contributed by atoms with Crippen molar-refractivity contribution in [2.75, 3.05) is 19.6 Å². The average Bonchev–Trinajstić information content (AvgIpc) is 3.19. The van der Waals surface area contributed by atoms with Gasteiger partial charge in [-0.1, -0.05) is 48.0 Å². The molecular weight excluding hydrogens is 398 g/mol. The second-order valence-electron chi connectivity index (χ2n) is 7.91. The summed E-state index contributed by atoms with van der Waals surface area (Å²) in [5.74, 6) is -0.220. The Bertz CT molecular complexity index is 1060. The molecule has 6 heteroatoms. The van der Waals surface area contributed by atoms with Gasteiger partial charge in [0.25, 0.3) is 0 Å². The van der Waals surface area contributed by atoms with Crippen LogP contribution in [0.15, 0.2) is 54.7 Å². The summed E-state index contributed by atoms with van der Waals surface area (Å²) >= 11 is 6.54. The Hall–Kier alpha value is -2.79. The second kappa shape index (κ2) is 8.92. The fourth-order valence-corrected chi connectivity index (χ4v) is 4.62. The molecule has 0 aliphatic carbocycles. The van der Waals surface area contributed by atoms with E-state index in [-0.39, 0.29) is 23.7 Å². The van der Waals surface area contributed by atoms with Crippen LogP contribution in [0.5, 0.6) is 0 Å². The molecule has 4 rings (SSSR count). The zero-order valence-corrected chi connectivity index (χ0v) is 17.8. The number of carbonyl (C=O) groups excluding carboxylic acids is 2. The predicted molar refractivity (Wildman–Crippen MR) is 120 cm³/mol. The van der Waals surface area contributed by atoms with Gasteiger partial charge in [0.15, 0.2) is 0 Å². The molecular formula is C24H26ClN3O2. The van der Waals surface area contributed by atoms with Gasteiger partial charge in [-0.15, -0.1) is 0 Å². The number of piperidine rings is 1. The normalized spacial score (nSPS) is 17.7. The van der Waals surface area contributed by atoms with Crippen LogP contribution < -0.4 is 5.32 Å². The van der Waals surface area contributed by atoms with Crippen LogP contribution in [0.3, 0.4) is 0 Å². The number of hydrogen-bond donors (Lipinski definition) is 2. The van der Waals surface area contributed by atoms with Gasteiger partial charge in [-0.3, -0.25) is 9.59 Å². The van der Waals surface area contributed by atoms with E-state index in [9.17, 15) is 9.59 Å². The van der Waals surface area contributed by atoms with Crippen molar-refractivity contribution in [2.24, 2.45) is 5.92 Å². The lowest BCUT2D eigenvalue weighted by atomic mass is 9.90. The molecule has 1 aliphatic rings. The first-order valence-corrected chi connectivity index (χ1v) is 10.8. The standard InChI is InChI=1S/C24H26ClN3O2/c1-16(29)28-12-6-7-17(15-28)24(30)27-14-20(18-8-2-4-10-22(18)25)21-13-26-23-11-5-3-9-19(21)23/h2-5,8-11,13,17,20,26H,6-7,12,14-15H2,1H3,(H,27,30)/t17-,20+/m1/s1. The minimum absolute atomic E-state index is 0.00200. The molecule has 2 amide bonds. The molecule has 0 spiro atoms. The quantitative estimate of drug-likeness (QED) is 0.641. The average molecular weight is 424 g/mol. The maximum atomic E-state index is 12.9. The summed E-state index contributed by atoms with van der Waals surface area (Å²) in [7, 11) is 0. The van der Waals surface area contributed by atoms with E-state index < -0.39 is 0 Å². The summed E-state index contributed by atoms with van der Waals surface area (Å²) in [6.45, 7) is 3.23. The fourth-order valence-electron chi connectivity index (χ4n) is 4.35. The first-order chi connectivity index (χ1) is 14.5. The number of hydrogen-bond acceptors (Lipinski definition) is 2. The number of amides is 2. The van der Waals surface area contributed by atoms with Crippen LogP contribution in [0.4, 0.5) is 0 Å². The third-order valence-corrected chi connectivity index (χ3v) is 6.34. The number of nitrogens with zero attached hydrogens (tertiary/aromatic N) is 1. The van der Waals surface area contributed by atoms with Crippen molar-refractivity contribution in [1.82, 2.24) is 15.2 Å². The maximum absolute atomic E-state index is 12.9. The van der Waals surface area contributed by atoms with E-state index >= 15 is 0 Å². The Morgan fingerprint density at radius 3 is 2.73 bits per heavy atom. The first-order valence-electron chi connectivity index (χ1n) is 10.4. The zero-order chi connectivity index (χ0) is 21.1. The second-order valence-corrected chi connectivity index (χ2v) is 8.32. The number of fused-ring (bicyclic) bond motifs is 1. The van der Waals surface area contributed by atoms with Crippen LogP contribution in [0.25, 0.3) is 10.9 Å². The highest BCUT2D eigenvalue weighted by Gasteiger charge is 2.28. The monoisotopic (exact) mass is 423 g/mol. The van der Waals surface area contributed by atoms with Gasteiger partial charge in [0.2, 0.25) is 11.8 Å². The third-order valence-electron chi connectivity index (χ3n) is 6.00. The SMILES string of the molecule is CC(=O)N1CCC[C@@H](C(=O)NC[C@@H](c2ccccc2Cl)c2c[nH]c3ccccc23)C1. The maximum Gasteiger partial charge on any atom is 0.224 e. The van der Waals surface area contributed by atoms with Gasteiger partial charge in [0.05, 0.1) is 5.92 Å². The number of nitrogens with one attached hydrogen (secondary N) is 2. The van der Waals surface area contributed by atoms with Crippen molar-refractivity contribution in [2.45, 2.75) is 25.7 Å². The highest BCUT2D eigenvalue weighted by molar-refractivity contribution is 6.31. The summed E-state index contributed by atoms with van der Waals surface area (Å²) in [4.78, 5) is 29.7. The van der Waals surface area contributed by atoms with Crippen LogP contribution >= 0.6 is 11.6 Å². The third kappa shape index (κ3) is 4.21. The smallest absolute Gasteiger partial charge is 0.224 e. The van der Waals surface area contributed by atoms with Crippen molar-refractivity contribution in [3.8, 4) is 0 Å². The van der Waals surface area contributed by atoms with Gasteiger partial charge in [-0.05, 0) is 36.1 Å². The molecule has 3 aromatic rings. The number of carbonyl (C=O) groups is 2. The molecule has 5 nitrogen and oxygen atoms in total. The lowest BCUT2D eigenvalue weighted by Crippen LogP contribution is -2.45. The van der Waals surface area contributed by atoms with Crippen LogP contribution in [0.1, 0.15) is 36.8 Å². The Balaban J connectivity index is 1.57. The minimum Gasteiger partial charge on any atom is -0.361 e. The molecule has 2 aromatic carbocycles. The molecule has 2 heterocycles. The molecule has 30 heavy (non-hydrogen) atoms. The number of aromatic nitrogens is 1. The predicted octanol–water partition coefficient (Wildman–Crippen LogP) is 4.33. The molecule has 156 valence electrons. The molecule has 0 unspecified atom stereocenters. The number of likely N-dealkylation sites (tertiary alicyclic amines) is 1. The molecule has 0 bridgehead atoms. The number of halogens is 1. The van der Waals surface area contributed by atoms with E-state index in [0.29, 0.717) is 18.1 Å². The van der Waals surface area contributed by atoms with Crippen LogP contribution in [0, 0.1) is 5.92 Å². The molecule has 1 fully saturated rings. The Morgan fingerprint density at radius 1 is 1.17 bits per heavy atom. The van der Waals surface area contributed by atoms with E-state index in [1.807, 2.05) is 48.7 Å². The number of benzene rings is 2. The first kappa shape index (κ1) is 20.5. The highest BCUT2D eigenvalue weighted by atomic mass is 35.5. The number of H-pyrrole nitrogens is 1. The van der Waals surface area contributed by atoms with Crippen molar-refractivity contribution >= 4 is 34.3 Å². The fraction of sp³-hybridized carbons (Fsp3) is 0.333. The van der Waals surface area contributed by atoms with Gasteiger partial charge in [0, 0.05) is 54.6 Å². The van der Waals surface area contributed by atoms with E-state index in [0.717, 1.165) is 41.4 Å². The van der Waals surface area contributed by atoms with Gasteiger partial charge in [-0.25, -0.2) is 0 Å². The summed E-state index contributed by atoms with van der Waals surface area (Å²) in [5, 5.41) is 4.95. The number of para-hydroxylation sites is 1. The molecule has 1 saturated heterocycles. The summed E-state index contributed by atoms with van der Waals surface area (Å²) in [5.41, 5.74) is 3.14. The van der Waals surface area contributed by atoms with E-state index in [1.54, 1.807) is 11.8 Å².